The molecule has 0 aliphatic heterocycles. The van der Waals surface area contributed by atoms with E-state index in [4.69, 9.17) is 4.74 Å². The van der Waals surface area contributed by atoms with E-state index in [-0.39, 0.29) is 43.1 Å². The first-order valence-electron chi connectivity index (χ1n) is 22.6. The van der Waals surface area contributed by atoms with Gasteiger partial charge in [-0.1, -0.05) is 107 Å². The molecule has 0 unspecified atom stereocenters. The van der Waals surface area contributed by atoms with Gasteiger partial charge in [0, 0.05) is 33.4 Å². The Labute approximate surface area is 365 Å². The Hall–Kier alpha value is -4.07. The fraction of sp³-hybridized carbons (Fsp3) is 0.464. The van der Waals surface area contributed by atoms with Crippen molar-refractivity contribution >= 4 is 7.92 Å². The van der Waals surface area contributed by atoms with Crippen molar-refractivity contribution < 1.29 is 14.9 Å². The zero-order chi connectivity index (χ0) is 44.5. The molecule has 0 heterocycles. The molecule has 0 bridgehead atoms. The molecule has 0 aliphatic rings. The van der Waals surface area contributed by atoms with Crippen LogP contribution >= 0.6 is 7.92 Å². The molecule has 0 aromatic heterocycles. The maximum atomic E-state index is 12.7. The lowest BCUT2D eigenvalue weighted by molar-refractivity contribution is 0.320. The number of aryl methyl sites for hydroxylation is 3. The minimum absolute atomic E-state index is 0.0763. The molecular formula is C56H75O3P. The summed E-state index contributed by atoms with van der Waals surface area (Å²) in [6.07, 6.45) is 2.03. The highest BCUT2D eigenvalue weighted by molar-refractivity contribution is 7.55. The second-order valence-electron chi connectivity index (χ2n) is 19.7. The third-order valence-corrected chi connectivity index (χ3v) is 13.3. The van der Waals surface area contributed by atoms with Crippen molar-refractivity contribution in [1.82, 2.24) is 0 Å². The van der Waals surface area contributed by atoms with E-state index in [0.717, 1.165) is 73.8 Å². The summed E-state index contributed by atoms with van der Waals surface area (Å²) in [7, 11) is -0.0763. The highest BCUT2D eigenvalue weighted by Gasteiger charge is 2.28. The SMILES string of the molecule is Cc1cc(-c2cc(C)cc(-c3cc(C)cc(-c4c(C(C)C)cc(C(C)C)cc4C(C)C)c3O)c2OCCCP(C)C)c(O)c(-c2c(C(C)C)cc(C(C)C)cc2C(C)C)c1. The van der Waals surface area contributed by atoms with Crippen LogP contribution in [0.4, 0.5) is 0 Å². The molecule has 5 aromatic carbocycles. The van der Waals surface area contributed by atoms with E-state index in [1.54, 1.807) is 0 Å². The largest absolute Gasteiger partial charge is 0.507 e. The molecule has 5 aromatic rings. The summed E-state index contributed by atoms with van der Waals surface area (Å²) in [5.74, 6) is 3.06. The maximum Gasteiger partial charge on any atom is 0.135 e. The zero-order valence-corrected chi connectivity index (χ0v) is 41.0. The highest BCUT2D eigenvalue weighted by atomic mass is 31.1. The highest BCUT2D eigenvalue weighted by Crippen LogP contribution is 2.52. The summed E-state index contributed by atoms with van der Waals surface area (Å²) < 4.78 is 6.98. The van der Waals surface area contributed by atoms with E-state index < -0.39 is 0 Å². The Morgan fingerprint density at radius 3 is 1.02 bits per heavy atom. The van der Waals surface area contributed by atoms with Gasteiger partial charge < -0.3 is 14.9 Å². The molecule has 322 valence electrons. The number of aromatic hydroxyl groups is 2. The van der Waals surface area contributed by atoms with Gasteiger partial charge >= 0.3 is 0 Å². The number of hydrogen-bond acceptors (Lipinski definition) is 3. The molecule has 4 heteroatoms. The Morgan fingerprint density at radius 2 is 0.733 bits per heavy atom. The van der Waals surface area contributed by atoms with Crippen LogP contribution in [-0.2, 0) is 0 Å². The molecule has 3 nitrogen and oxygen atoms in total. The van der Waals surface area contributed by atoms with Gasteiger partial charge in [-0.25, -0.2) is 0 Å². The minimum Gasteiger partial charge on any atom is -0.507 e. The van der Waals surface area contributed by atoms with Crippen LogP contribution in [0.15, 0.2) is 60.7 Å². The Kier molecular flexibility index (Phi) is 15.1. The molecule has 5 rings (SSSR count). The number of ether oxygens (including phenoxy) is 1. The summed E-state index contributed by atoms with van der Waals surface area (Å²) in [6.45, 7) is 38.6. The second kappa shape index (κ2) is 19.3. The van der Waals surface area contributed by atoms with Crippen LogP contribution in [0.25, 0.3) is 44.5 Å². The fourth-order valence-electron chi connectivity index (χ4n) is 8.77. The first-order chi connectivity index (χ1) is 28.1. The van der Waals surface area contributed by atoms with E-state index in [1.165, 1.54) is 33.4 Å². The third-order valence-electron chi connectivity index (χ3n) is 12.1. The number of hydrogen-bond donors (Lipinski definition) is 2. The second-order valence-corrected chi connectivity index (χ2v) is 22.3. The molecule has 60 heavy (non-hydrogen) atoms. The van der Waals surface area contributed by atoms with Crippen LogP contribution in [0.2, 0.25) is 0 Å². The van der Waals surface area contributed by atoms with Crippen LogP contribution in [0.1, 0.15) is 175 Å². The summed E-state index contributed by atoms with van der Waals surface area (Å²) in [5.41, 5.74) is 18.0. The molecule has 2 N–H and O–H groups in total. The Bertz CT molecular complexity index is 2110. The summed E-state index contributed by atoms with van der Waals surface area (Å²) in [6, 6.07) is 22.3. The van der Waals surface area contributed by atoms with Gasteiger partial charge in [-0.2, -0.15) is 0 Å². The van der Waals surface area contributed by atoms with Gasteiger partial charge in [0.2, 0.25) is 0 Å². The van der Waals surface area contributed by atoms with Crippen molar-refractivity contribution in [1.29, 1.82) is 0 Å². The summed E-state index contributed by atoms with van der Waals surface area (Å²) in [4.78, 5) is 0. The van der Waals surface area contributed by atoms with E-state index in [2.05, 4.69) is 178 Å². The smallest absolute Gasteiger partial charge is 0.135 e. The van der Waals surface area contributed by atoms with Gasteiger partial charge in [0.15, 0.2) is 0 Å². The molecule has 0 atom stereocenters. The minimum atomic E-state index is -0.0763. The Balaban J connectivity index is 1.87. The Morgan fingerprint density at radius 1 is 0.433 bits per heavy atom. The van der Waals surface area contributed by atoms with Crippen molar-refractivity contribution in [3.8, 4) is 61.8 Å². The van der Waals surface area contributed by atoms with Crippen LogP contribution in [-0.4, -0.2) is 36.3 Å². The van der Waals surface area contributed by atoms with E-state index in [1.807, 2.05) is 0 Å². The molecular weight excluding hydrogens is 752 g/mol. The van der Waals surface area contributed by atoms with Gasteiger partial charge in [0.05, 0.1) is 6.61 Å². The van der Waals surface area contributed by atoms with Crippen molar-refractivity contribution in [2.24, 2.45) is 0 Å². The monoisotopic (exact) mass is 827 g/mol. The topological polar surface area (TPSA) is 49.7 Å². The van der Waals surface area contributed by atoms with Crippen molar-refractivity contribution in [3.63, 3.8) is 0 Å². The average molecular weight is 827 g/mol. The van der Waals surface area contributed by atoms with Crippen LogP contribution in [0, 0.1) is 20.8 Å². The number of phenols is 2. The molecule has 0 aliphatic carbocycles. The van der Waals surface area contributed by atoms with E-state index >= 15 is 0 Å². The number of rotatable bonds is 15. The predicted molar refractivity (Wildman–Crippen MR) is 264 cm³/mol. The van der Waals surface area contributed by atoms with Gasteiger partial charge in [-0.05, 0) is 180 Å². The van der Waals surface area contributed by atoms with E-state index in [0.29, 0.717) is 24.2 Å². The third kappa shape index (κ3) is 10.00. The van der Waals surface area contributed by atoms with Crippen LogP contribution in [0.3, 0.4) is 0 Å². The van der Waals surface area contributed by atoms with Crippen molar-refractivity contribution in [3.05, 3.63) is 111 Å². The van der Waals surface area contributed by atoms with Gasteiger partial charge in [0.1, 0.15) is 17.2 Å². The molecule has 0 radical (unpaired) electrons. The molecule has 0 spiro atoms. The molecule has 0 fully saturated rings. The van der Waals surface area contributed by atoms with E-state index in [9.17, 15) is 10.2 Å². The molecule has 0 saturated heterocycles. The average Bonchev–Trinajstić information content (AvgIpc) is 3.16. The quantitative estimate of drug-likeness (QED) is 0.0816. The van der Waals surface area contributed by atoms with Crippen molar-refractivity contribution in [2.45, 2.75) is 146 Å². The van der Waals surface area contributed by atoms with Gasteiger partial charge in [-0.3, -0.25) is 0 Å². The lowest BCUT2D eigenvalue weighted by Gasteiger charge is -2.26. The lowest BCUT2D eigenvalue weighted by Crippen LogP contribution is -2.06. The van der Waals surface area contributed by atoms with Gasteiger partial charge in [-0.15, -0.1) is 7.92 Å². The van der Waals surface area contributed by atoms with Gasteiger partial charge in [0.25, 0.3) is 0 Å². The number of phenolic OH excluding ortho intramolecular Hbond substituents is 2. The first kappa shape index (κ1) is 47.0. The van der Waals surface area contributed by atoms with Crippen LogP contribution in [0.5, 0.6) is 17.2 Å². The fourth-order valence-corrected chi connectivity index (χ4v) is 9.53. The molecule has 0 amide bonds. The first-order valence-corrected chi connectivity index (χ1v) is 25.0. The standard InChI is InChI=1S/C56H75O3P/c1-31(2)40-27-42(33(5)6)52(43(28-40)34(7)8)50-25-37(13)21-46(54(50)57)48-23-39(15)24-49(56(48)59-19-18-20-60(16)17)47-22-38(14)26-51(55(47)58)53-44(35(9)10)29-41(32(3)4)30-45(53)36(11)12/h21-36,57-58H,18-20H2,1-17H3. The van der Waals surface area contributed by atoms with Crippen LogP contribution < -0.4 is 4.74 Å². The molecule has 0 saturated carbocycles. The maximum absolute atomic E-state index is 12.7. The predicted octanol–water partition coefficient (Wildman–Crippen LogP) is 16.9. The summed E-state index contributed by atoms with van der Waals surface area (Å²) >= 11 is 0. The lowest BCUT2D eigenvalue weighted by atomic mass is 9.80. The zero-order valence-electron chi connectivity index (χ0n) is 40.1. The normalized spacial score (nSPS) is 12.1. The van der Waals surface area contributed by atoms with Crippen molar-refractivity contribution in [2.75, 3.05) is 26.1 Å². The number of benzene rings is 5. The summed E-state index contributed by atoms with van der Waals surface area (Å²) in [5, 5.41) is 25.5.